The molecule has 118 valence electrons. The van der Waals surface area contributed by atoms with Crippen LogP contribution in [0.1, 0.15) is 13.8 Å². The van der Waals surface area contributed by atoms with E-state index in [1.54, 1.807) is 19.0 Å². The molecule has 9 heteroatoms. The maximum atomic E-state index is 11.4. The Labute approximate surface area is 134 Å². The zero-order chi connectivity index (χ0) is 15.8. The number of carbonyl (C=O) groups excluding carboxylic acids is 1. The molecule has 2 N–H and O–H groups in total. The molecule has 0 unspecified atom stereocenters. The summed E-state index contributed by atoms with van der Waals surface area (Å²) < 4.78 is 0. The van der Waals surface area contributed by atoms with Gasteiger partial charge in [0.25, 0.3) is 5.24 Å². The van der Waals surface area contributed by atoms with Crippen LogP contribution in [-0.2, 0) is 0 Å². The van der Waals surface area contributed by atoms with E-state index in [2.05, 4.69) is 25.6 Å². The molecule has 0 atom stereocenters. The minimum atomic E-state index is 0.0411. The summed E-state index contributed by atoms with van der Waals surface area (Å²) in [6, 6.07) is 0.253. The Hall–Kier alpha value is -1.22. The van der Waals surface area contributed by atoms with Gasteiger partial charge in [-0.1, -0.05) is 23.5 Å². The van der Waals surface area contributed by atoms with Gasteiger partial charge in [0.2, 0.25) is 11.9 Å². The molecule has 0 aliphatic carbocycles. The second-order valence-corrected chi connectivity index (χ2v) is 6.52. The molecule has 1 aromatic rings. The Kier molecular flexibility index (Phi) is 7.58. The number of thioether (sulfide) groups is 2. The molecule has 0 saturated heterocycles. The highest BCUT2D eigenvalue weighted by Crippen LogP contribution is 2.14. The molecule has 1 amide bonds. The first-order valence-electron chi connectivity index (χ1n) is 6.57. The number of rotatable bonds is 7. The molecule has 0 aliphatic rings. The van der Waals surface area contributed by atoms with Gasteiger partial charge in [-0.25, -0.2) is 0 Å². The number of anilines is 2. The number of nitrogens with one attached hydrogen (secondary N) is 2. The van der Waals surface area contributed by atoms with E-state index >= 15 is 0 Å². The number of hydrogen-bond donors (Lipinski definition) is 2. The van der Waals surface area contributed by atoms with E-state index in [1.807, 2.05) is 20.1 Å². The van der Waals surface area contributed by atoms with Crippen molar-refractivity contribution in [3.8, 4) is 0 Å². The minimum Gasteiger partial charge on any atom is -0.353 e. The number of amides is 1. The van der Waals surface area contributed by atoms with Crippen molar-refractivity contribution in [3.05, 3.63) is 0 Å². The van der Waals surface area contributed by atoms with Crippen LogP contribution in [0.25, 0.3) is 0 Å². The zero-order valence-corrected chi connectivity index (χ0v) is 14.6. The molecule has 21 heavy (non-hydrogen) atoms. The van der Waals surface area contributed by atoms with Crippen molar-refractivity contribution >= 4 is 40.7 Å². The van der Waals surface area contributed by atoms with E-state index in [1.165, 1.54) is 23.5 Å². The summed E-state index contributed by atoms with van der Waals surface area (Å²) in [6.07, 6.45) is 1.92. The Morgan fingerprint density at radius 1 is 1.24 bits per heavy atom. The number of aromatic nitrogens is 3. The maximum absolute atomic E-state index is 11.4. The lowest BCUT2D eigenvalue weighted by Crippen LogP contribution is -2.19. The Morgan fingerprint density at radius 3 is 2.48 bits per heavy atom. The van der Waals surface area contributed by atoms with Crippen LogP contribution in [0.5, 0.6) is 0 Å². The van der Waals surface area contributed by atoms with Crippen LogP contribution in [0.4, 0.5) is 16.7 Å². The van der Waals surface area contributed by atoms with Crippen LogP contribution in [0.15, 0.2) is 5.16 Å². The smallest absolute Gasteiger partial charge is 0.281 e. The highest BCUT2D eigenvalue weighted by atomic mass is 32.2. The molecule has 0 aromatic carbocycles. The van der Waals surface area contributed by atoms with Crippen molar-refractivity contribution in [3.63, 3.8) is 0 Å². The summed E-state index contributed by atoms with van der Waals surface area (Å²) in [5.41, 5.74) is 0. The van der Waals surface area contributed by atoms with E-state index in [9.17, 15) is 4.79 Å². The lowest BCUT2D eigenvalue weighted by molar-refractivity contribution is 0.241. The third kappa shape index (κ3) is 6.85. The molecule has 0 fully saturated rings. The fourth-order valence-corrected chi connectivity index (χ4v) is 2.27. The van der Waals surface area contributed by atoms with E-state index in [4.69, 9.17) is 0 Å². The van der Waals surface area contributed by atoms with Crippen LogP contribution < -0.4 is 10.6 Å². The van der Waals surface area contributed by atoms with Gasteiger partial charge < -0.3 is 15.5 Å². The van der Waals surface area contributed by atoms with Crippen molar-refractivity contribution in [1.82, 2.24) is 19.9 Å². The zero-order valence-electron chi connectivity index (χ0n) is 13.0. The second-order valence-electron chi connectivity index (χ2n) is 4.70. The van der Waals surface area contributed by atoms with Gasteiger partial charge in [0.05, 0.1) is 0 Å². The number of nitrogens with zero attached hydrogens (tertiary/aromatic N) is 4. The second kappa shape index (κ2) is 8.93. The highest BCUT2D eigenvalue weighted by molar-refractivity contribution is 8.13. The minimum absolute atomic E-state index is 0.0411. The van der Waals surface area contributed by atoms with Gasteiger partial charge in [0.15, 0.2) is 5.16 Å². The molecule has 1 heterocycles. The SMILES string of the molecule is CSc1nc(NCCSC(=O)N(C)C)nc(NC(C)C)n1. The van der Waals surface area contributed by atoms with Gasteiger partial charge in [-0.2, -0.15) is 15.0 Å². The molecular formula is C12H22N6OS2. The predicted octanol–water partition coefficient (Wildman–Crippen LogP) is 2.24. The van der Waals surface area contributed by atoms with Gasteiger partial charge in [-0.3, -0.25) is 4.79 Å². The van der Waals surface area contributed by atoms with Gasteiger partial charge in [0.1, 0.15) is 0 Å². The van der Waals surface area contributed by atoms with E-state index in [-0.39, 0.29) is 11.3 Å². The standard InChI is InChI=1S/C12H22N6OS2/c1-8(2)14-10-15-9(16-11(17-10)20-5)13-6-7-21-12(19)18(3)4/h8H,6-7H2,1-5H3,(H2,13,14,15,16,17). The molecule has 7 nitrogen and oxygen atoms in total. The summed E-state index contributed by atoms with van der Waals surface area (Å²) in [6.45, 7) is 4.67. The van der Waals surface area contributed by atoms with Crippen LogP contribution >= 0.6 is 23.5 Å². The van der Waals surface area contributed by atoms with Gasteiger partial charge >= 0.3 is 0 Å². The van der Waals surface area contributed by atoms with Crippen molar-refractivity contribution in [2.45, 2.75) is 25.0 Å². The van der Waals surface area contributed by atoms with Crippen LogP contribution in [-0.4, -0.2) is 63.8 Å². The average Bonchev–Trinajstić information content (AvgIpc) is 2.42. The van der Waals surface area contributed by atoms with E-state index < -0.39 is 0 Å². The van der Waals surface area contributed by atoms with Gasteiger partial charge in [-0.15, -0.1) is 0 Å². The van der Waals surface area contributed by atoms with Crippen molar-refractivity contribution in [2.24, 2.45) is 0 Å². The molecule has 0 radical (unpaired) electrons. The Bertz CT molecular complexity index is 469. The Morgan fingerprint density at radius 2 is 1.90 bits per heavy atom. The normalized spacial score (nSPS) is 10.6. The first kappa shape index (κ1) is 17.8. The fourth-order valence-electron chi connectivity index (χ4n) is 1.28. The first-order chi connectivity index (χ1) is 9.92. The molecule has 1 aromatic heterocycles. The lowest BCUT2D eigenvalue weighted by Gasteiger charge is -2.12. The van der Waals surface area contributed by atoms with Crippen molar-refractivity contribution in [1.29, 1.82) is 0 Å². The van der Waals surface area contributed by atoms with Gasteiger partial charge in [-0.05, 0) is 20.1 Å². The third-order valence-corrected chi connectivity index (χ3v) is 3.76. The van der Waals surface area contributed by atoms with Crippen molar-refractivity contribution < 1.29 is 4.79 Å². The van der Waals surface area contributed by atoms with Crippen molar-refractivity contribution in [2.75, 3.05) is 43.3 Å². The molecule has 1 rings (SSSR count). The predicted molar refractivity (Wildman–Crippen MR) is 90.4 cm³/mol. The Balaban J connectivity index is 2.55. The highest BCUT2D eigenvalue weighted by Gasteiger charge is 2.08. The molecule has 0 aliphatic heterocycles. The molecule has 0 bridgehead atoms. The quantitative estimate of drug-likeness (QED) is 0.582. The number of hydrogen-bond acceptors (Lipinski definition) is 8. The third-order valence-electron chi connectivity index (χ3n) is 2.19. The fraction of sp³-hybridized carbons (Fsp3) is 0.667. The average molecular weight is 330 g/mol. The maximum Gasteiger partial charge on any atom is 0.281 e. The lowest BCUT2D eigenvalue weighted by atomic mass is 10.4. The van der Waals surface area contributed by atoms with Crippen LogP contribution in [0, 0.1) is 0 Å². The number of carbonyl (C=O) groups is 1. The van der Waals surface area contributed by atoms with E-state index in [0.29, 0.717) is 29.4 Å². The summed E-state index contributed by atoms with van der Waals surface area (Å²) in [5, 5.41) is 6.98. The van der Waals surface area contributed by atoms with E-state index in [0.717, 1.165) is 0 Å². The molecule has 0 saturated carbocycles. The largest absolute Gasteiger partial charge is 0.353 e. The summed E-state index contributed by atoms with van der Waals surface area (Å²) in [7, 11) is 3.48. The summed E-state index contributed by atoms with van der Waals surface area (Å²) >= 11 is 2.73. The topological polar surface area (TPSA) is 83.0 Å². The monoisotopic (exact) mass is 330 g/mol. The summed E-state index contributed by atoms with van der Waals surface area (Å²) in [5.74, 6) is 1.74. The molecule has 0 spiro atoms. The van der Waals surface area contributed by atoms with Gasteiger partial charge in [0, 0.05) is 32.4 Å². The van der Waals surface area contributed by atoms with Crippen LogP contribution in [0.2, 0.25) is 0 Å². The van der Waals surface area contributed by atoms with Crippen LogP contribution in [0.3, 0.4) is 0 Å². The summed E-state index contributed by atoms with van der Waals surface area (Å²) in [4.78, 5) is 25.9. The molecular weight excluding hydrogens is 308 g/mol. The first-order valence-corrected chi connectivity index (χ1v) is 8.78.